The predicted molar refractivity (Wildman–Crippen MR) is 55.7 cm³/mol. The normalized spacial score (nSPS) is 20.3. The van der Waals surface area contributed by atoms with E-state index in [1.165, 1.54) is 0 Å². The SMILES string of the molecule is C=C(OCC)N1CCC(C)(C=O)CC1. The first-order chi connectivity index (χ1) is 6.61. The van der Waals surface area contributed by atoms with Gasteiger partial charge in [-0.25, -0.2) is 0 Å². The molecule has 0 radical (unpaired) electrons. The van der Waals surface area contributed by atoms with Gasteiger partial charge in [-0.1, -0.05) is 6.92 Å². The average molecular weight is 197 g/mol. The first kappa shape index (κ1) is 11.1. The number of piperidine rings is 1. The summed E-state index contributed by atoms with van der Waals surface area (Å²) >= 11 is 0. The van der Waals surface area contributed by atoms with E-state index in [0.717, 1.165) is 38.1 Å². The molecule has 0 N–H and O–H groups in total. The molecule has 1 aliphatic heterocycles. The lowest BCUT2D eigenvalue weighted by atomic mass is 9.82. The fourth-order valence-corrected chi connectivity index (χ4v) is 1.64. The van der Waals surface area contributed by atoms with Gasteiger partial charge in [-0.15, -0.1) is 0 Å². The van der Waals surface area contributed by atoms with E-state index in [1.807, 2.05) is 13.8 Å². The molecule has 0 aliphatic carbocycles. The molecule has 0 unspecified atom stereocenters. The van der Waals surface area contributed by atoms with Crippen LogP contribution >= 0.6 is 0 Å². The van der Waals surface area contributed by atoms with Crippen molar-refractivity contribution in [1.82, 2.24) is 4.90 Å². The van der Waals surface area contributed by atoms with Gasteiger partial charge in [0.05, 0.1) is 6.61 Å². The highest BCUT2D eigenvalue weighted by molar-refractivity contribution is 5.58. The predicted octanol–water partition coefficient (Wildman–Crippen LogP) is 1.80. The Morgan fingerprint density at radius 3 is 2.57 bits per heavy atom. The van der Waals surface area contributed by atoms with Crippen molar-refractivity contribution in [1.29, 1.82) is 0 Å². The summed E-state index contributed by atoms with van der Waals surface area (Å²) in [5, 5.41) is 0. The lowest BCUT2D eigenvalue weighted by Gasteiger charge is -2.37. The minimum absolute atomic E-state index is 0.136. The van der Waals surface area contributed by atoms with Crippen LogP contribution in [-0.4, -0.2) is 30.9 Å². The van der Waals surface area contributed by atoms with Crippen molar-refractivity contribution in [3.05, 3.63) is 12.5 Å². The van der Waals surface area contributed by atoms with Gasteiger partial charge in [0.1, 0.15) is 6.29 Å². The molecule has 14 heavy (non-hydrogen) atoms. The standard InChI is InChI=1S/C11H19NO2/c1-4-14-10(2)12-7-5-11(3,9-13)6-8-12/h9H,2,4-8H2,1,3H3. The van der Waals surface area contributed by atoms with Crippen LogP contribution in [0.15, 0.2) is 12.5 Å². The number of carbonyl (C=O) groups is 1. The Morgan fingerprint density at radius 2 is 2.14 bits per heavy atom. The Hall–Kier alpha value is -0.990. The van der Waals surface area contributed by atoms with Crippen molar-refractivity contribution in [3.63, 3.8) is 0 Å². The molecule has 3 nitrogen and oxygen atoms in total. The lowest BCUT2D eigenvalue weighted by Crippen LogP contribution is -2.39. The molecule has 1 fully saturated rings. The van der Waals surface area contributed by atoms with Crippen LogP contribution in [0.25, 0.3) is 0 Å². The summed E-state index contributed by atoms with van der Waals surface area (Å²) in [5.41, 5.74) is -0.136. The van der Waals surface area contributed by atoms with Gasteiger partial charge in [0.15, 0.2) is 5.88 Å². The molecular weight excluding hydrogens is 178 g/mol. The molecule has 0 bridgehead atoms. The Labute approximate surface area is 85.7 Å². The highest BCUT2D eigenvalue weighted by atomic mass is 16.5. The van der Waals surface area contributed by atoms with E-state index in [4.69, 9.17) is 4.74 Å². The Balaban J connectivity index is 2.42. The summed E-state index contributed by atoms with van der Waals surface area (Å²) < 4.78 is 5.33. The fourth-order valence-electron chi connectivity index (χ4n) is 1.64. The molecule has 0 aromatic carbocycles. The van der Waals surface area contributed by atoms with Gasteiger partial charge in [-0.05, 0) is 26.3 Å². The number of nitrogens with zero attached hydrogens (tertiary/aromatic N) is 1. The maximum Gasteiger partial charge on any atom is 0.181 e. The summed E-state index contributed by atoms with van der Waals surface area (Å²) in [4.78, 5) is 12.9. The van der Waals surface area contributed by atoms with E-state index < -0.39 is 0 Å². The highest BCUT2D eigenvalue weighted by Gasteiger charge is 2.30. The van der Waals surface area contributed by atoms with Gasteiger partial charge < -0.3 is 14.4 Å². The number of ether oxygens (including phenoxy) is 1. The van der Waals surface area contributed by atoms with Gasteiger partial charge >= 0.3 is 0 Å². The molecule has 80 valence electrons. The molecule has 1 saturated heterocycles. The highest BCUT2D eigenvalue weighted by Crippen LogP contribution is 2.29. The molecule has 0 spiro atoms. The van der Waals surface area contributed by atoms with E-state index in [1.54, 1.807) is 0 Å². The third-order valence-corrected chi connectivity index (χ3v) is 2.85. The second-order valence-electron chi connectivity index (χ2n) is 4.09. The maximum absolute atomic E-state index is 10.8. The molecule has 1 aliphatic rings. The lowest BCUT2D eigenvalue weighted by molar-refractivity contribution is -0.117. The summed E-state index contributed by atoms with van der Waals surface area (Å²) in [5.74, 6) is 0.737. The third-order valence-electron chi connectivity index (χ3n) is 2.85. The van der Waals surface area contributed by atoms with Crippen LogP contribution in [0.5, 0.6) is 0 Å². The topological polar surface area (TPSA) is 29.5 Å². The van der Waals surface area contributed by atoms with Gasteiger partial charge in [-0.2, -0.15) is 0 Å². The number of carbonyl (C=O) groups excluding carboxylic acids is 1. The molecule has 1 heterocycles. The van der Waals surface area contributed by atoms with Crippen molar-refractivity contribution >= 4 is 6.29 Å². The summed E-state index contributed by atoms with van der Waals surface area (Å²) in [6, 6.07) is 0. The van der Waals surface area contributed by atoms with Gasteiger partial charge in [0, 0.05) is 18.5 Å². The van der Waals surface area contributed by atoms with Crippen LogP contribution in [0.1, 0.15) is 26.7 Å². The monoisotopic (exact) mass is 197 g/mol. The van der Waals surface area contributed by atoms with Gasteiger partial charge in [0.2, 0.25) is 0 Å². The van der Waals surface area contributed by atoms with Crippen molar-refractivity contribution in [2.75, 3.05) is 19.7 Å². The van der Waals surface area contributed by atoms with Crippen molar-refractivity contribution in [2.24, 2.45) is 5.41 Å². The molecule has 0 amide bonds. The minimum atomic E-state index is -0.136. The Bertz CT molecular complexity index is 217. The zero-order chi connectivity index (χ0) is 10.6. The molecule has 0 aromatic rings. The van der Waals surface area contributed by atoms with Crippen LogP contribution < -0.4 is 0 Å². The number of hydrogen-bond donors (Lipinski definition) is 0. The second-order valence-corrected chi connectivity index (χ2v) is 4.09. The van der Waals surface area contributed by atoms with Gasteiger partial charge in [-0.3, -0.25) is 0 Å². The zero-order valence-electron chi connectivity index (χ0n) is 9.08. The number of rotatable bonds is 4. The van der Waals surface area contributed by atoms with Crippen molar-refractivity contribution in [2.45, 2.75) is 26.7 Å². The molecule has 0 aromatic heterocycles. The first-order valence-electron chi connectivity index (χ1n) is 5.14. The largest absolute Gasteiger partial charge is 0.480 e. The Morgan fingerprint density at radius 1 is 1.57 bits per heavy atom. The molecule has 1 rings (SSSR count). The van der Waals surface area contributed by atoms with Crippen LogP contribution in [0.4, 0.5) is 0 Å². The number of aldehydes is 1. The second kappa shape index (κ2) is 4.49. The van der Waals surface area contributed by atoms with Crippen LogP contribution in [0.3, 0.4) is 0 Å². The molecular formula is C11H19NO2. The Kier molecular flexibility index (Phi) is 3.55. The zero-order valence-corrected chi connectivity index (χ0v) is 9.08. The molecule has 0 atom stereocenters. The van der Waals surface area contributed by atoms with E-state index in [2.05, 4.69) is 11.5 Å². The van der Waals surface area contributed by atoms with E-state index >= 15 is 0 Å². The van der Waals surface area contributed by atoms with Crippen LogP contribution in [0.2, 0.25) is 0 Å². The minimum Gasteiger partial charge on any atom is -0.480 e. The smallest absolute Gasteiger partial charge is 0.181 e. The number of hydrogen-bond acceptors (Lipinski definition) is 3. The van der Waals surface area contributed by atoms with Crippen molar-refractivity contribution in [3.8, 4) is 0 Å². The molecule has 3 heteroatoms. The first-order valence-corrected chi connectivity index (χ1v) is 5.14. The molecule has 0 saturated carbocycles. The third kappa shape index (κ3) is 2.50. The van der Waals surface area contributed by atoms with E-state index in [-0.39, 0.29) is 5.41 Å². The summed E-state index contributed by atoms with van der Waals surface area (Å²) in [6.45, 7) is 10.2. The van der Waals surface area contributed by atoms with Gasteiger partial charge in [0.25, 0.3) is 0 Å². The van der Waals surface area contributed by atoms with E-state index in [0.29, 0.717) is 6.61 Å². The summed E-state index contributed by atoms with van der Waals surface area (Å²) in [6.07, 6.45) is 2.86. The number of likely N-dealkylation sites (tertiary alicyclic amines) is 1. The fraction of sp³-hybridized carbons (Fsp3) is 0.727. The quantitative estimate of drug-likeness (QED) is 0.508. The van der Waals surface area contributed by atoms with E-state index in [9.17, 15) is 4.79 Å². The van der Waals surface area contributed by atoms with Crippen LogP contribution in [0, 0.1) is 5.41 Å². The van der Waals surface area contributed by atoms with Crippen molar-refractivity contribution < 1.29 is 9.53 Å². The maximum atomic E-state index is 10.8. The average Bonchev–Trinajstić information content (AvgIpc) is 2.19. The summed E-state index contributed by atoms with van der Waals surface area (Å²) in [7, 11) is 0. The van der Waals surface area contributed by atoms with Crippen LogP contribution in [-0.2, 0) is 9.53 Å².